The minimum atomic E-state index is -0.631. The van der Waals surface area contributed by atoms with Gasteiger partial charge in [-0.25, -0.2) is 9.24 Å². The molecule has 0 aromatic rings. The van der Waals surface area contributed by atoms with Crippen LogP contribution in [-0.2, 0) is 14.4 Å². The van der Waals surface area contributed by atoms with E-state index >= 15 is 0 Å². The van der Waals surface area contributed by atoms with Crippen molar-refractivity contribution in [2.75, 3.05) is 13.2 Å². The van der Waals surface area contributed by atoms with Gasteiger partial charge in [0.2, 0.25) is 11.6 Å². The number of amides is 1. The number of halogens is 1. The molecule has 40 heavy (non-hydrogen) atoms. The van der Waals surface area contributed by atoms with Crippen molar-refractivity contribution in [1.82, 2.24) is 5.32 Å². The zero-order valence-electron chi connectivity index (χ0n) is 25.7. The zero-order chi connectivity index (χ0) is 29.5. The monoisotopic (exact) mass is 552 g/mol. The second-order valence-electron chi connectivity index (χ2n) is 16.2. The van der Waals surface area contributed by atoms with Gasteiger partial charge in [0.05, 0.1) is 6.57 Å². The summed E-state index contributed by atoms with van der Waals surface area (Å²) in [5.41, 5.74) is -1.27. The number of carbonyl (C=O) groups excluding carboxylic acids is 3. The Morgan fingerprint density at radius 2 is 1.68 bits per heavy atom. The first-order valence-electron chi connectivity index (χ1n) is 15.5. The van der Waals surface area contributed by atoms with E-state index in [1.54, 1.807) is 0 Å². The van der Waals surface area contributed by atoms with Crippen molar-refractivity contribution < 1.29 is 18.8 Å². The molecule has 5 rings (SSSR count). The molecule has 5 aliphatic rings. The molecule has 0 aromatic carbocycles. The van der Waals surface area contributed by atoms with Gasteiger partial charge in [0.15, 0.2) is 5.78 Å². The molecule has 1 amide bonds. The lowest BCUT2D eigenvalue weighted by molar-refractivity contribution is -0.223. The summed E-state index contributed by atoms with van der Waals surface area (Å²) >= 11 is 0. The van der Waals surface area contributed by atoms with Crippen molar-refractivity contribution in [3.05, 3.63) is 23.2 Å². The van der Waals surface area contributed by atoms with Gasteiger partial charge in [-0.1, -0.05) is 54.5 Å². The number of nitrogens with one attached hydrogen (secondary N) is 1. The van der Waals surface area contributed by atoms with Gasteiger partial charge in [0.25, 0.3) is 0 Å². The van der Waals surface area contributed by atoms with Crippen LogP contribution < -0.4 is 5.32 Å². The highest BCUT2D eigenvalue weighted by Gasteiger charge is 2.72. The molecule has 4 fully saturated rings. The molecule has 0 bridgehead atoms. The first-order valence-corrected chi connectivity index (χ1v) is 15.5. The fraction of sp³-hybridized carbons (Fsp3) is 0.824. The van der Waals surface area contributed by atoms with Gasteiger partial charge in [-0.2, -0.15) is 0 Å². The minimum absolute atomic E-state index is 0.0452. The molecular weight excluding hydrogens is 503 g/mol. The summed E-state index contributed by atoms with van der Waals surface area (Å²) in [4.78, 5) is 44.6. The average molecular weight is 553 g/mol. The number of fused-ring (bicyclic) bond motifs is 7. The molecule has 0 saturated heterocycles. The lowest BCUT2D eigenvalue weighted by Crippen LogP contribution is -2.68. The predicted octanol–water partition coefficient (Wildman–Crippen LogP) is 7.11. The second kappa shape index (κ2) is 9.23. The third-order valence-electron chi connectivity index (χ3n) is 13.6. The number of hydrogen-bond acceptors (Lipinski definition) is 3. The molecular formula is C34H49FN2O3. The number of hydrogen-bond donors (Lipinski definition) is 1. The van der Waals surface area contributed by atoms with E-state index in [0.29, 0.717) is 18.6 Å². The quantitative estimate of drug-likeness (QED) is 0.378. The Hall–Kier alpha value is -2.03. The van der Waals surface area contributed by atoms with Gasteiger partial charge in [-0.3, -0.25) is 9.59 Å². The normalized spacial score (nSPS) is 45.1. The molecule has 4 saturated carbocycles. The molecule has 6 heteroatoms. The summed E-state index contributed by atoms with van der Waals surface area (Å²) in [7, 11) is 0. The van der Waals surface area contributed by atoms with Gasteiger partial charge in [-0.05, 0) is 89.8 Å². The summed E-state index contributed by atoms with van der Waals surface area (Å²) in [6.07, 6.45) is 9.38. The predicted molar refractivity (Wildman–Crippen MR) is 154 cm³/mol. The summed E-state index contributed by atoms with van der Waals surface area (Å²) in [6.45, 7) is 22.8. The molecule has 8 atom stereocenters. The topological polar surface area (TPSA) is 67.6 Å². The fourth-order valence-corrected chi connectivity index (χ4v) is 11.3. The maximum atomic E-state index is 14.6. The standard InChI is InChI=1S/C34H49FN2O3/c1-29(2)11-13-34(20-26(39)37-16-15-35)14-12-33(7)27(21(34)18-29)23(38)17-25-31(5)19-22(36-8)28(40)30(3,4)24(31)9-10-32(25,33)6/h19,21,24-25,27H,9-18,20H2,1-7H3,(H,37,39)/t21-,24-,25+,27-,31-,32+,33+,34+/m0/s1. The molecule has 0 aliphatic heterocycles. The lowest BCUT2D eigenvalue weighted by Gasteiger charge is -2.72. The number of Topliss-reactive ketones (excluding diaryl/α,β-unsaturated/α-hetero) is 2. The molecule has 5 nitrogen and oxygen atoms in total. The third kappa shape index (κ3) is 3.92. The molecule has 5 aliphatic carbocycles. The number of allylic oxidation sites excluding steroid dienone is 2. The average Bonchev–Trinajstić information content (AvgIpc) is 2.87. The van der Waals surface area contributed by atoms with E-state index < -0.39 is 17.5 Å². The smallest absolute Gasteiger partial charge is 0.226 e. The number of ketones is 2. The second-order valence-corrected chi connectivity index (χ2v) is 16.2. The highest BCUT2D eigenvalue weighted by Crippen LogP contribution is 2.76. The minimum Gasteiger partial charge on any atom is -0.353 e. The third-order valence-corrected chi connectivity index (χ3v) is 13.6. The van der Waals surface area contributed by atoms with Crippen LogP contribution >= 0.6 is 0 Å². The van der Waals surface area contributed by atoms with E-state index in [4.69, 9.17) is 6.57 Å². The van der Waals surface area contributed by atoms with Crippen LogP contribution in [0.15, 0.2) is 11.8 Å². The van der Waals surface area contributed by atoms with Crippen LogP contribution in [0.5, 0.6) is 0 Å². The maximum Gasteiger partial charge on any atom is 0.226 e. The van der Waals surface area contributed by atoms with E-state index in [1.165, 1.54) is 0 Å². The lowest BCUT2D eigenvalue weighted by atomic mass is 9.31. The summed E-state index contributed by atoms with van der Waals surface area (Å²) in [6, 6.07) is 0. The van der Waals surface area contributed by atoms with E-state index in [-0.39, 0.29) is 69.3 Å². The molecule has 0 spiro atoms. The van der Waals surface area contributed by atoms with Crippen LogP contribution in [0.2, 0.25) is 0 Å². The van der Waals surface area contributed by atoms with Gasteiger partial charge < -0.3 is 10.1 Å². The molecule has 0 heterocycles. The van der Waals surface area contributed by atoms with Crippen LogP contribution in [0.25, 0.3) is 4.85 Å². The molecule has 0 aromatic heterocycles. The Balaban J connectivity index is 1.58. The zero-order valence-corrected chi connectivity index (χ0v) is 25.7. The van der Waals surface area contributed by atoms with E-state index in [2.05, 4.69) is 44.8 Å². The molecule has 0 unspecified atom stereocenters. The number of alkyl halides is 1. The van der Waals surface area contributed by atoms with Crippen LogP contribution in [0.4, 0.5) is 4.39 Å². The van der Waals surface area contributed by atoms with Crippen LogP contribution in [-0.4, -0.2) is 30.7 Å². The molecule has 0 radical (unpaired) electrons. The van der Waals surface area contributed by atoms with Crippen molar-refractivity contribution >= 4 is 17.5 Å². The Labute approximate surface area is 240 Å². The highest BCUT2D eigenvalue weighted by atomic mass is 19.1. The van der Waals surface area contributed by atoms with Crippen LogP contribution in [0.3, 0.4) is 0 Å². The fourth-order valence-electron chi connectivity index (χ4n) is 11.3. The maximum absolute atomic E-state index is 14.6. The SMILES string of the molecule is [C-]#[N+]C1=C[C@]2(C)[C@H]3CC(=O)[C@@H]4[C@@H]5CC(C)(C)CC[C@]5(CC(=O)NCCF)CC[C@@]4(C)[C@]3(C)CC[C@H]2C(C)(C)C1=O. The Bertz CT molecular complexity index is 1200. The molecule has 220 valence electrons. The Kier molecular flexibility index (Phi) is 6.80. The summed E-state index contributed by atoms with van der Waals surface area (Å²) in [5.74, 6) is 0.345. The highest BCUT2D eigenvalue weighted by molar-refractivity contribution is 6.02. The number of rotatable bonds is 4. The van der Waals surface area contributed by atoms with Crippen molar-refractivity contribution in [2.24, 2.45) is 56.2 Å². The van der Waals surface area contributed by atoms with E-state index in [0.717, 1.165) is 44.9 Å². The summed E-state index contributed by atoms with van der Waals surface area (Å²) < 4.78 is 12.9. The van der Waals surface area contributed by atoms with Crippen LogP contribution in [0.1, 0.15) is 106 Å². The van der Waals surface area contributed by atoms with Gasteiger partial charge in [-0.15, -0.1) is 0 Å². The first kappa shape index (κ1) is 29.5. The van der Waals surface area contributed by atoms with E-state index in [1.807, 2.05) is 19.9 Å². The Morgan fingerprint density at radius 1 is 1.00 bits per heavy atom. The van der Waals surface area contributed by atoms with Crippen molar-refractivity contribution in [3.8, 4) is 0 Å². The first-order chi connectivity index (χ1) is 18.5. The number of carbonyl (C=O) groups is 3. The van der Waals surface area contributed by atoms with Crippen molar-refractivity contribution in [1.29, 1.82) is 0 Å². The van der Waals surface area contributed by atoms with Gasteiger partial charge in [0.1, 0.15) is 12.5 Å². The Morgan fingerprint density at radius 3 is 2.33 bits per heavy atom. The van der Waals surface area contributed by atoms with Crippen LogP contribution in [0, 0.1) is 62.7 Å². The largest absolute Gasteiger partial charge is 0.353 e. The van der Waals surface area contributed by atoms with Crippen molar-refractivity contribution in [2.45, 2.75) is 106 Å². The van der Waals surface area contributed by atoms with E-state index in [9.17, 15) is 18.8 Å². The summed E-state index contributed by atoms with van der Waals surface area (Å²) in [5, 5.41) is 2.77. The van der Waals surface area contributed by atoms with Crippen molar-refractivity contribution in [3.63, 3.8) is 0 Å². The molecule has 1 N–H and O–H groups in total. The van der Waals surface area contributed by atoms with Gasteiger partial charge in [0, 0.05) is 30.7 Å². The number of nitrogens with zero attached hydrogens (tertiary/aromatic N) is 1. The van der Waals surface area contributed by atoms with Gasteiger partial charge >= 0.3 is 0 Å².